The largest absolute Gasteiger partial charge is 0.480 e. The summed E-state index contributed by atoms with van der Waals surface area (Å²) in [5.41, 5.74) is -1.17. The summed E-state index contributed by atoms with van der Waals surface area (Å²) >= 11 is 1.53. The molecule has 22 heavy (non-hydrogen) atoms. The van der Waals surface area contributed by atoms with E-state index in [4.69, 9.17) is 0 Å². The van der Waals surface area contributed by atoms with Crippen LogP contribution >= 0.6 is 11.8 Å². The molecule has 0 aromatic rings. The summed E-state index contributed by atoms with van der Waals surface area (Å²) in [6, 6.07) is -0.548. The SMILES string of the molecule is CCC(=O)N1CSCC1C(=O)NC1(C(=O)O)CCC(C)CC1. The number of amides is 2. The summed E-state index contributed by atoms with van der Waals surface area (Å²) in [7, 11) is 0. The molecule has 2 aliphatic rings. The number of nitrogens with one attached hydrogen (secondary N) is 1. The first-order valence-electron chi connectivity index (χ1n) is 7.82. The molecule has 1 saturated heterocycles. The van der Waals surface area contributed by atoms with E-state index in [-0.39, 0.29) is 11.8 Å². The third-order valence-electron chi connectivity index (χ3n) is 4.71. The Morgan fingerprint density at radius 1 is 1.32 bits per heavy atom. The first-order valence-corrected chi connectivity index (χ1v) is 8.97. The molecular weight excluding hydrogens is 304 g/mol. The number of thioether (sulfide) groups is 1. The van der Waals surface area contributed by atoms with Gasteiger partial charge >= 0.3 is 5.97 Å². The molecule has 0 radical (unpaired) electrons. The van der Waals surface area contributed by atoms with Crippen molar-refractivity contribution in [3.05, 3.63) is 0 Å². The molecule has 2 N–H and O–H groups in total. The molecule has 2 amide bonds. The van der Waals surface area contributed by atoms with Gasteiger partial charge in [0.2, 0.25) is 11.8 Å². The van der Waals surface area contributed by atoms with Gasteiger partial charge in [0.15, 0.2) is 0 Å². The van der Waals surface area contributed by atoms with Crippen LogP contribution in [-0.4, -0.2) is 51.0 Å². The third kappa shape index (κ3) is 3.39. The minimum absolute atomic E-state index is 0.0632. The summed E-state index contributed by atoms with van der Waals surface area (Å²) in [4.78, 5) is 37.7. The second kappa shape index (κ2) is 6.89. The van der Waals surface area contributed by atoms with Crippen molar-refractivity contribution in [1.29, 1.82) is 0 Å². The Kier molecular flexibility index (Phi) is 5.36. The highest BCUT2D eigenvalue weighted by atomic mass is 32.2. The van der Waals surface area contributed by atoms with Gasteiger partial charge in [-0.25, -0.2) is 4.79 Å². The number of carboxylic acid groups (broad SMARTS) is 1. The van der Waals surface area contributed by atoms with Gasteiger partial charge in [0.05, 0.1) is 5.88 Å². The summed E-state index contributed by atoms with van der Waals surface area (Å²) in [6.45, 7) is 3.87. The minimum atomic E-state index is -1.17. The Morgan fingerprint density at radius 2 is 1.95 bits per heavy atom. The van der Waals surface area contributed by atoms with Crippen LogP contribution in [0.2, 0.25) is 0 Å². The molecule has 1 aliphatic carbocycles. The molecule has 6 nitrogen and oxygen atoms in total. The Morgan fingerprint density at radius 3 is 2.50 bits per heavy atom. The number of carboxylic acids is 1. The highest BCUT2D eigenvalue weighted by Gasteiger charge is 2.45. The van der Waals surface area contributed by atoms with Crippen LogP contribution in [0.5, 0.6) is 0 Å². The normalized spacial score (nSPS) is 31.8. The van der Waals surface area contributed by atoms with Gasteiger partial charge in [0.1, 0.15) is 11.6 Å². The number of rotatable bonds is 4. The number of carbonyl (C=O) groups excluding carboxylic acids is 2. The van der Waals surface area contributed by atoms with Crippen LogP contribution < -0.4 is 5.32 Å². The maximum absolute atomic E-state index is 12.6. The van der Waals surface area contributed by atoms with Gasteiger partial charge in [-0.05, 0) is 31.6 Å². The fourth-order valence-corrected chi connectivity index (χ4v) is 4.26. The predicted octanol–water partition coefficient (Wildman–Crippen LogP) is 1.45. The maximum Gasteiger partial charge on any atom is 0.329 e. The number of hydrogen-bond acceptors (Lipinski definition) is 4. The van der Waals surface area contributed by atoms with Crippen LogP contribution in [-0.2, 0) is 14.4 Å². The molecule has 124 valence electrons. The number of nitrogens with zero attached hydrogens (tertiary/aromatic N) is 1. The van der Waals surface area contributed by atoms with E-state index in [0.717, 1.165) is 12.8 Å². The van der Waals surface area contributed by atoms with Gasteiger partial charge in [-0.1, -0.05) is 13.8 Å². The van der Waals surface area contributed by atoms with Gasteiger partial charge in [-0.3, -0.25) is 9.59 Å². The molecule has 1 aliphatic heterocycles. The molecule has 0 aromatic heterocycles. The summed E-state index contributed by atoms with van der Waals surface area (Å²) in [5, 5.41) is 12.3. The van der Waals surface area contributed by atoms with E-state index < -0.39 is 17.6 Å². The number of carbonyl (C=O) groups is 3. The fraction of sp³-hybridized carbons (Fsp3) is 0.800. The van der Waals surface area contributed by atoms with E-state index in [0.29, 0.717) is 36.8 Å². The zero-order valence-electron chi connectivity index (χ0n) is 13.1. The smallest absolute Gasteiger partial charge is 0.329 e. The van der Waals surface area contributed by atoms with E-state index in [1.807, 2.05) is 0 Å². The van der Waals surface area contributed by atoms with Crippen LogP contribution in [0.15, 0.2) is 0 Å². The molecule has 1 heterocycles. The van der Waals surface area contributed by atoms with Gasteiger partial charge < -0.3 is 15.3 Å². The first kappa shape index (κ1) is 17.1. The predicted molar refractivity (Wildman–Crippen MR) is 84.4 cm³/mol. The monoisotopic (exact) mass is 328 g/mol. The van der Waals surface area contributed by atoms with Gasteiger partial charge in [0, 0.05) is 12.2 Å². The van der Waals surface area contributed by atoms with Crippen LogP contribution in [0.1, 0.15) is 46.0 Å². The molecule has 2 fully saturated rings. The maximum atomic E-state index is 12.6. The van der Waals surface area contributed by atoms with Crippen molar-refractivity contribution in [3.63, 3.8) is 0 Å². The van der Waals surface area contributed by atoms with Crippen molar-refractivity contribution in [3.8, 4) is 0 Å². The zero-order valence-corrected chi connectivity index (χ0v) is 13.9. The van der Waals surface area contributed by atoms with Crippen molar-refractivity contribution in [1.82, 2.24) is 10.2 Å². The second-order valence-electron chi connectivity index (χ2n) is 6.29. The number of hydrogen-bond donors (Lipinski definition) is 2. The Bertz CT molecular complexity index is 460. The lowest BCUT2D eigenvalue weighted by molar-refractivity contribution is -0.151. The molecular formula is C15H24N2O4S. The summed E-state index contributed by atoms with van der Waals surface area (Å²) in [6.07, 6.45) is 2.85. The second-order valence-corrected chi connectivity index (χ2v) is 7.29. The lowest BCUT2D eigenvalue weighted by atomic mass is 9.77. The number of aliphatic carboxylic acids is 1. The third-order valence-corrected chi connectivity index (χ3v) is 5.72. The summed E-state index contributed by atoms with van der Waals surface area (Å²) < 4.78 is 0. The van der Waals surface area contributed by atoms with Crippen LogP contribution in [0, 0.1) is 5.92 Å². The van der Waals surface area contributed by atoms with Crippen molar-refractivity contribution >= 4 is 29.5 Å². The molecule has 0 bridgehead atoms. The molecule has 1 atom stereocenters. The van der Waals surface area contributed by atoms with E-state index >= 15 is 0 Å². The molecule has 1 unspecified atom stereocenters. The lowest BCUT2D eigenvalue weighted by Crippen LogP contribution is -2.60. The Hall–Kier alpha value is -1.24. The van der Waals surface area contributed by atoms with Crippen LogP contribution in [0.3, 0.4) is 0 Å². The molecule has 0 aromatic carbocycles. The zero-order chi connectivity index (χ0) is 16.3. The van der Waals surface area contributed by atoms with Crippen LogP contribution in [0.25, 0.3) is 0 Å². The molecule has 1 saturated carbocycles. The summed E-state index contributed by atoms with van der Waals surface area (Å²) in [5.74, 6) is 0.165. The molecule has 2 rings (SSSR count). The first-order chi connectivity index (χ1) is 10.4. The van der Waals surface area contributed by atoms with E-state index in [1.54, 1.807) is 11.8 Å². The topological polar surface area (TPSA) is 86.7 Å². The molecule has 7 heteroatoms. The van der Waals surface area contributed by atoms with Crippen molar-refractivity contribution in [2.24, 2.45) is 5.92 Å². The van der Waals surface area contributed by atoms with Gasteiger partial charge in [-0.15, -0.1) is 11.8 Å². The molecule has 0 spiro atoms. The minimum Gasteiger partial charge on any atom is -0.480 e. The van der Waals surface area contributed by atoms with Crippen molar-refractivity contribution < 1.29 is 19.5 Å². The van der Waals surface area contributed by atoms with Gasteiger partial charge in [-0.2, -0.15) is 0 Å². The average molecular weight is 328 g/mol. The van der Waals surface area contributed by atoms with Gasteiger partial charge in [0.25, 0.3) is 0 Å². The Labute approximate surface area is 135 Å². The van der Waals surface area contributed by atoms with Crippen molar-refractivity contribution in [2.75, 3.05) is 11.6 Å². The highest BCUT2D eigenvalue weighted by molar-refractivity contribution is 7.99. The van der Waals surface area contributed by atoms with E-state index in [1.165, 1.54) is 11.8 Å². The highest BCUT2D eigenvalue weighted by Crippen LogP contribution is 2.33. The average Bonchev–Trinajstić information content (AvgIpc) is 2.98. The fourth-order valence-electron chi connectivity index (χ4n) is 3.08. The Balaban J connectivity index is 2.08. The quantitative estimate of drug-likeness (QED) is 0.815. The van der Waals surface area contributed by atoms with E-state index in [9.17, 15) is 19.5 Å². The van der Waals surface area contributed by atoms with Crippen LogP contribution in [0.4, 0.5) is 0 Å². The van der Waals surface area contributed by atoms with Crippen molar-refractivity contribution in [2.45, 2.75) is 57.5 Å². The standard InChI is InChI=1S/C15H24N2O4S/c1-3-12(18)17-9-22-8-11(17)13(19)16-15(14(20)21)6-4-10(2)5-7-15/h10-11H,3-9H2,1-2H3,(H,16,19)(H,20,21). The lowest BCUT2D eigenvalue weighted by Gasteiger charge is -2.37. The van der Waals surface area contributed by atoms with E-state index in [2.05, 4.69) is 12.2 Å².